The molecule has 0 atom stereocenters. The van der Waals surface area contributed by atoms with Gasteiger partial charge in [-0.15, -0.1) is 0 Å². The zero-order valence-corrected chi connectivity index (χ0v) is 11.1. The van der Waals surface area contributed by atoms with Crippen LogP contribution in [0.5, 0.6) is 0 Å². The van der Waals surface area contributed by atoms with Crippen molar-refractivity contribution < 1.29 is 0 Å². The molecule has 3 rings (SSSR count). The Morgan fingerprint density at radius 1 is 1.00 bits per heavy atom. The third-order valence-corrected chi connectivity index (χ3v) is 3.12. The van der Waals surface area contributed by atoms with Gasteiger partial charge in [0.15, 0.2) is 5.82 Å². The van der Waals surface area contributed by atoms with E-state index in [1.165, 1.54) is 0 Å². The SMILES string of the molecule is Brc1ccnc(-c2ncc(-c3ccccc3)[nH]2)c1. The van der Waals surface area contributed by atoms with Gasteiger partial charge in [0.05, 0.1) is 11.9 Å². The van der Waals surface area contributed by atoms with Crippen LogP contribution in [0.3, 0.4) is 0 Å². The van der Waals surface area contributed by atoms with Crippen LogP contribution in [-0.4, -0.2) is 15.0 Å². The zero-order chi connectivity index (χ0) is 12.4. The Bertz CT molecular complexity index is 662. The average molecular weight is 300 g/mol. The number of hydrogen-bond acceptors (Lipinski definition) is 2. The minimum Gasteiger partial charge on any atom is -0.337 e. The molecular weight excluding hydrogens is 290 g/mol. The Kier molecular flexibility index (Phi) is 2.94. The van der Waals surface area contributed by atoms with E-state index in [1.807, 2.05) is 48.7 Å². The molecule has 2 heterocycles. The maximum Gasteiger partial charge on any atom is 0.156 e. The van der Waals surface area contributed by atoms with Crippen molar-refractivity contribution in [1.29, 1.82) is 0 Å². The van der Waals surface area contributed by atoms with Gasteiger partial charge in [0, 0.05) is 10.7 Å². The van der Waals surface area contributed by atoms with Crippen LogP contribution in [0.2, 0.25) is 0 Å². The van der Waals surface area contributed by atoms with E-state index in [0.29, 0.717) is 0 Å². The molecule has 18 heavy (non-hydrogen) atoms. The first-order chi connectivity index (χ1) is 8.83. The maximum absolute atomic E-state index is 4.37. The molecule has 3 aromatic rings. The fourth-order valence-electron chi connectivity index (χ4n) is 1.75. The Balaban J connectivity index is 2.00. The number of H-pyrrole nitrogens is 1. The molecule has 1 N–H and O–H groups in total. The highest BCUT2D eigenvalue weighted by Crippen LogP contribution is 2.22. The van der Waals surface area contributed by atoms with Crippen molar-refractivity contribution in [3.05, 3.63) is 59.3 Å². The molecule has 0 saturated heterocycles. The zero-order valence-electron chi connectivity index (χ0n) is 9.47. The second-order valence-corrected chi connectivity index (χ2v) is 4.79. The number of aromatic amines is 1. The van der Waals surface area contributed by atoms with Gasteiger partial charge in [-0.05, 0) is 17.7 Å². The van der Waals surface area contributed by atoms with Crippen molar-refractivity contribution in [1.82, 2.24) is 15.0 Å². The maximum atomic E-state index is 4.37. The number of nitrogens with one attached hydrogen (secondary N) is 1. The normalized spacial score (nSPS) is 10.5. The van der Waals surface area contributed by atoms with Gasteiger partial charge in [-0.1, -0.05) is 46.3 Å². The van der Waals surface area contributed by atoms with Crippen LogP contribution in [-0.2, 0) is 0 Å². The van der Waals surface area contributed by atoms with Crippen LogP contribution >= 0.6 is 15.9 Å². The summed E-state index contributed by atoms with van der Waals surface area (Å²) < 4.78 is 0.991. The van der Waals surface area contributed by atoms with Crippen LogP contribution < -0.4 is 0 Å². The molecule has 2 aromatic heterocycles. The van der Waals surface area contributed by atoms with E-state index in [9.17, 15) is 0 Å². The standard InChI is InChI=1S/C14H10BrN3/c15-11-6-7-16-12(8-11)14-17-9-13(18-14)10-4-2-1-3-5-10/h1-9H,(H,17,18). The number of imidazole rings is 1. The lowest BCUT2D eigenvalue weighted by atomic mass is 10.2. The van der Waals surface area contributed by atoms with E-state index in [2.05, 4.69) is 30.9 Å². The van der Waals surface area contributed by atoms with E-state index < -0.39 is 0 Å². The molecule has 0 saturated carbocycles. The summed E-state index contributed by atoms with van der Waals surface area (Å²) in [7, 11) is 0. The van der Waals surface area contributed by atoms with Crippen LogP contribution in [0.4, 0.5) is 0 Å². The lowest BCUT2D eigenvalue weighted by molar-refractivity contribution is 1.22. The third kappa shape index (κ3) is 2.19. The first kappa shape index (κ1) is 11.2. The van der Waals surface area contributed by atoms with Crippen molar-refractivity contribution in [3.63, 3.8) is 0 Å². The van der Waals surface area contributed by atoms with Crippen LogP contribution in [0, 0.1) is 0 Å². The van der Waals surface area contributed by atoms with E-state index in [-0.39, 0.29) is 0 Å². The summed E-state index contributed by atoms with van der Waals surface area (Å²) in [6.45, 7) is 0. The van der Waals surface area contributed by atoms with Crippen molar-refractivity contribution in [2.45, 2.75) is 0 Å². The molecule has 1 aromatic carbocycles. The van der Waals surface area contributed by atoms with Crippen molar-refractivity contribution in [3.8, 4) is 22.8 Å². The molecule has 4 heteroatoms. The largest absolute Gasteiger partial charge is 0.337 e. The molecule has 0 fully saturated rings. The van der Waals surface area contributed by atoms with Crippen molar-refractivity contribution in [2.75, 3.05) is 0 Å². The number of halogens is 1. The number of benzene rings is 1. The highest BCUT2D eigenvalue weighted by molar-refractivity contribution is 9.10. The lowest BCUT2D eigenvalue weighted by Crippen LogP contribution is -1.85. The quantitative estimate of drug-likeness (QED) is 0.780. The van der Waals surface area contributed by atoms with Crippen LogP contribution in [0.15, 0.2) is 59.3 Å². The summed E-state index contributed by atoms with van der Waals surface area (Å²) in [5.74, 6) is 0.773. The fourth-order valence-corrected chi connectivity index (χ4v) is 2.09. The van der Waals surface area contributed by atoms with Gasteiger partial charge in [0.25, 0.3) is 0 Å². The predicted molar refractivity (Wildman–Crippen MR) is 75.0 cm³/mol. The summed E-state index contributed by atoms with van der Waals surface area (Å²) in [6, 6.07) is 13.9. The molecule has 0 amide bonds. The van der Waals surface area contributed by atoms with Gasteiger partial charge >= 0.3 is 0 Å². The second-order valence-electron chi connectivity index (χ2n) is 3.87. The molecule has 0 bridgehead atoms. The number of nitrogens with zero attached hydrogens (tertiary/aromatic N) is 2. The summed E-state index contributed by atoms with van der Waals surface area (Å²) in [4.78, 5) is 11.9. The molecule has 0 aliphatic heterocycles. The fraction of sp³-hybridized carbons (Fsp3) is 0. The minimum absolute atomic E-state index is 0.773. The van der Waals surface area contributed by atoms with Gasteiger partial charge in [-0.3, -0.25) is 4.98 Å². The lowest BCUT2D eigenvalue weighted by Gasteiger charge is -1.97. The van der Waals surface area contributed by atoms with Crippen LogP contribution in [0.1, 0.15) is 0 Å². The average Bonchev–Trinajstić information content (AvgIpc) is 2.89. The first-order valence-corrected chi connectivity index (χ1v) is 6.34. The number of hydrogen-bond donors (Lipinski definition) is 1. The summed E-state index contributed by atoms with van der Waals surface area (Å²) >= 11 is 3.43. The number of aromatic nitrogens is 3. The van der Waals surface area contributed by atoms with E-state index >= 15 is 0 Å². The molecular formula is C14H10BrN3. The molecule has 0 spiro atoms. The highest BCUT2D eigenvalue weighted by Gasteiger charge is 2.06. The Morgan fingerprint density at radius 3 is 2.61 bits per heavy atom. The van der Waals surface area contributed by atoms with Crippen molar-refractivity contribution >= 4 is 15.9 Å². The Labute approximate surface area is 113 Å². The summed E-state index contributed by atoms with van der Waals surface area (Å²) in [6.07, 6.45) is 3.58. The monoisotopic (exact) mass is 299 g/mol. The van der Waals surface area contributed by atoms with Gasteiger partial charge < -0.3 is 4.98 Å². The van der Waals surface area contributed by atoms with Gasteiger partial charge in [-0.2, -0.15) is 0 Å². The molecule has 88 valence electrons. The summed E-state index contributed by atoms with van der Waals surface area (Å²) in [5.41, 5.74) is 2.94. The molecule has 0 unspecified atom stereocenters. The van der Waals surface area contributed by atoms with E-state index in [0.717, 1.165) is 27.2 Å². The Hall–Kier alpha value is -1.94. The highest BCUT2D eigenvalue weighted by atomic mass is 79.9. The Morgan fingerprint density at radius 2 is 1.83 bits per heavy atom. The smallest absolute Gasteiger partial charge is 0.156 e. The van der Waals surface area contributed by atoms with Gasteiger partial charge in [-0.25, -0.2) is 4.98 Å². The summed E-state index contributed by atoms with van der Waals surface area (Å²) in [5, 5.41) is 0. The second kappa shape index (κ2) is 4.74. The van der Waals surface area contributed by atoms with E-state index in [1.54, 1.807) is 6.20 Å². The third-order valence-electron chi connectivity index (χ3n) is 2.63. The molecule has 0 radical (unpaired) electrons. The van der Waals surface area contributed by atoms with E-state index in [4.69, 9.17) is 0 Å². The topological polar surface area (TPSA) is 41.6 Å². The van der Waals surface area contributed by atoms with Gasteiger partial charge in [0.1, 0.15) is 5.69 Å². The van der Waals surface area contributed by atoms with Crippen LogP contribution in [0.25, 0.3) is 22.8 Å². The number of rotatable bonds is 2. The van der Waals surface area contributed by atoms with Gasteiger partial charge in [0.2, 0.25) is 0 Å². The minimum atomic E-state index is 0.773. The molecule has 0 aliphatic rings. The molecule has 0 aliphatic carbocycles. The first-order valence-electron chi connectivity index (χ1n) is 5.55. The predicted octanol–water partition coefficient (Wildman–Crippen LogP) is 3.90. The molecule has 3 nitrogen and oxygen atoms in total. The van der Waals surface area contributed by atoms with Crippen molar-refractivity contribution in [2.24, 2.45) is 0 Å². The number of pyridine rings is 1.